The Kier molecular flexibility index (Phi) is 9.42. The van der Waals surface area contributed by atoms with E-state index in [2.05, 4.69) is 96.1 Å². The minimum absolute atomic E-state index is 0.433. The fourth-order valence-corrected chi connectivity index (χ4v) is 5.88. The highest BCUT2D eigenvalue weighted by atomic mass is 15.2. The minimum Gasteiger partial charge on any atom is -0.340 e. The van der Waals surface area contributed by atoms with Gasteiger partial charge >= 0.3 is 0 Å². The largest absolute Gasteiger partial charge is 0.340 e. The summed E-state index contributed by atoms with van der Waals surface area (Å²) >= 11 is 0. The molecule has 2 heterocycles. The maximum absolute atomic E-state index is 3.76. The van der Waals surface area contributed by atoms with E-state index < -0.39 is 0 Å². The first-order valence-corrected chi connectivity index (χ1v) is 14.0. The minimum atomic E-state index is 0.433. The van der Waals surface area contributed by atoms with E-state index in [0.717, 1.165) is 38.3 Å². The molecule has 0 aromatic heterocycles. The molecule has 0 spiro atoms. The SMILES string of the molecule is CC.CC1/C=C(CC2C/C=C\C=C/CC2)\C=C/CN(C2=C3C=CC=CCC3NC2)C2=CCCC=C21. The van der Waals surface area contributed by atoms with Crippen molar-refractivity contribution in [2.24, 2.45) is 11.8 Å². The number of allylic oxidation sites excluding steroid dienone is 12. The van der Waals surface area contributed by atoms with Crippen LogP contribution in [0, 0.1) is 11.8 Å². The molecule has 0 amide bonds. The Bertz CT molecular complexity index is 1010. The molecular weight excluding hydrogens is 424 g/mol. The molecule has 2 aliphatic heterocycles. The fraction of sp³-hybridized carbons (Fsp3) is 0.455. The van der Waals surface area contributed by atoms with Crippen LogP contribution < -0.4 is 5.32 Å². The summed E-state index contributed by atoms with van der Waals surface area (Å²) in [5, 5.41) is 3.76. The highest BCUT2D eigenvalue weighted by Gasteiger charge is 2.30. The van der Waals surface area contributed by atoms with E-state index in [1.165, 1.54) is 53.8 Å². The van der Waals surface area contributed by atoms with Crippen molar-refractivity contribution >= 4 is 0 Å². The van der Waals surface area contributed by atoms with Crippen LogP contribution in [0.1, 0.15) is 65.7 Å². The molecule has 0 saturated carbocycles. The number of rotatable bonds is 3. The van der Waals surface area contributed by atoms with E-state index in [1.807, 2.05) is 13.8 Å². The zero-order valence-electron chi connectivity index (χ0n) is 22.0. The van der Waals surface area contributed by atoms with Crippen LogP contribution in [-0.2, 0) is 0 Å². The molecule has 5 aliphatic rings. The third-order valence-electron chi connectivity index (χ3n) is 7.59. The van der Waals surface area contributed by atoms with Gasteiger partial charge in [-0.25, -0.2) is 0 Å². The maximum Gasteiger partial charge on any atom is 0.0412 e. The molecule has 0 aromatic rings. The second-order valence-corrected chi connectivity index (χ2v) is 9.97. The molecule has 3 aliphatic carbocycles. The third kappa shape index (κ3) is 6.35. The molecule has 2 heteroatoms. The lowest BCUT2D eigenvalue weighted by molar-refractivity contribution is 0.457. The van der Waals surface area contributed by atoms with Crippen molar-refractivity contribution in [3.8, 4) is 0 Å². The fourth-order valence-electron chi connectivity index (χ4n) is 5.88. The zero-order chi connectivity index (χ0) is 24.5. The topological polar surface area (TPSA) is 15.3 Å². The van der Waals surface area contributed by atoms with Crippen LogP contribution in [0.3, 0.4) is 0 Å². The van der Waals surface area contributed by atoms with Crippen LogP contribution in [0.15, 0.2) is 107 Å². The molecule has 0 aromatic carbocycles. The highest BCUT2D eigenvalue weighted by Crippen LogP contribution is 2.37. The molecule has 3 atom stereocenters. The van der Waals surface area contributed by atoms with Gasteiger partial charge < -0.3 is 10.2 Å². The first-order chi connectivity index (χ1) is 17.3. The Morgan fingerprint density at radius 2 is 1.69 bits per heavy atom. The molecule has 0 radical (unpaired) electrons. The van der Waals surface area contributed by atoms with E-state index in [-0.39, 0.29) is 0 Å². The monoisotopic (exact) mass is 468 g/mol. The van der Waals surface area contributed by atoms with Crippen LogP contribution in [0.5, 0.6) is 0 Å². The first-order valence-electron chi connectivity index (χ1n) is 14.0. The van der Waals surface area contributed by atoms with Gasteiger partial charge in [0.15, 0.2) is 0 Å². The molecule has 0 bridgehead atoms. The van der Waals surface area contributed by atoms with Crippen molar-refractivity contribution in [2.45, 2.75) is 71.8 Å². The van der Waals surface area contributed by atoms with Gasteiger partial charge in [-0.05, 0) is 62.0 Å². The molecule has 186 valence electrons. The predicted octanol–water partition coefficient (Wildman–Crippen LogP) is 8.10. The highest BCUT2D eigenvalue weighted by molar-refractivity contribution is 5.46. The number of hydrogen-bond acceptors (Lipinski definition) is 2. The lowest BCUT2D eigenvalue weighted by Crippen LogP contribution is -2.29. The Morgan fingerprint density at radius 3 is 2.60 bits per heavy atom. The van der Waals surface area contributed by atoms with Gasteiger partial charge in [-0.2, -0.15) is 0 Å². The van der Waals surface area contributed by atoms with Crippen molar-refractivity contribution in [1.82, 2.24) is 10.2 Å². The van der Waals surface area contributed by atoms with Crippen LogP contribution >= 0.6 is 0 Å². The smallest absolute Gasteiger partial charge is 0.0412 e. The summed E-state index contributed by atoms with van der Waals surface area (Å²) in [7, 11) is 0. The molecule has 3 unspecified atom stereocenters. The van der Waals surface area contributed by atoms with Crippen molar-refractivity contribution < 1.29 is 0 Å². The van der Waals surface area contributed by atoms with E-state index in [0.29, 0.717) is 12.0 Å². The Balaban J connectivity index is 0.00000141. The number of fused-ring (bicyclic) bond motifs is 2. The van der Waals surface area contributed by atoms with Gasteiger partial charge in [0.2, 0.25) is 0 Å². The molecule has 1 N–H and O–H groups in total. The second-order valence-electron chi connectivity index (χ2n) is 9.97. The van der Waals surface area contributed by atoms with E-state index in [9.17, 15) is 0 Å². The average Bonchev–Trinajstić information content (AvgIpc) is 3.14. The lowest BCUT2D eigenvalue weighted by atomic mass is 9.86. The molecular formula is C33H44N2. The van der Waals surface area contributed by atoms with E-state index in [4.69, 9.17) is 0 Å². The maximum atomic E-state index is 3.76. The molecule has 0 fully saturated rings. The summed E-state index contributed by atoms with van der Waals surface area (Å²) in [5.74, 6) is 1.16. The number of nitrogens with one attached hydrogen (secondary N) is 1. The zero-order valence-corrected chi connectivity index (χ0v) is 22.0. The van der Waals surface area contributed by atoms with Gasteiger partial charge in [0.25, 0.3) is 0 Å². The predicted molar refractivity (Wildman–Crippen MR) is 152 cm³/mol. The Labute approximate surface area is 213 Å². The summed E-state index contributed by atoms with van der Waals surface area (Å²) in [6.07, 6.45) is 38.7. The van der Waals surface area contributed by atoms with Gasteiger partial charge in [0.1, 0.15) is 0 Å². The third-order valence-corrected chi connectivity index (χ3v) is 7.59. The summed E-state index contributed by atoms with van der Waals surface area (Å²) in [4.78, 5) is 2.61. The summed E-state index contributed by atoms with van der Waals surface area (Å²) in [5.41, 5.74) is 7.38. The lowest BCUT2D eigenvalue weighted by Gasteiger charge is -2.33. The van der Waals surface area contributed by atoms with Crippen LogP contribution in [0.25, 0.3) is 0 Å². The second kappa shape index (κ2) is 12.9. The van der Waals surface area contributed by atoms with Gasteiger partial charge in [-0.3, -0.25) is 0 Å². The number of nitrogens with zero attached hydrogens (tertiary/aromatic N) is 1. The van der Waals surface area contributed by atoms with E-state index >= 15 is 0 Å². The van der Waals surface area contributed by atoms with Gasteiger partial charge in [0.05, 0.1) is 0 Å². The normalized spacial score (nSPS) is 32.4. The Hall–Kier alpha value is -2.58. The van der Waals surface area contributed by atoms with Crippen LogP contribution in [0.2, 0.25) is 0 Å². The van der Waals surface area contributed by atoms with E-state index in [1.54, 1.807) is 0 Å². The first kappa shape index (κ1) is 25.5. The van der Waals surface area contributed by atoms with Crippen LogP contribution in [0.4, 0.5) is 0 Å². The summed E-state index contributed by atoms with van der Waals surface area (Å²) in [6.45, 7) is 8.29. The summed E-state index contributed by atoms with van der Waals surface area (Å²) < 4.78 is 0. The average molecular weight is 469 g/mol. The van der Waals surface area contributed by atoms with Gasteiger partial charge in [-0.1, -0.05) is 105 Å². The van der Waals surface area contributed by atoms with Gasteiger partial charge in [-0.15, -0.1) is 0 Å². The molecule has 5 rings (SSSR count). The van der Waals surface area contributed by atoms with Crippen molar-refractivity contribution in [3.63, 3.8) is 0 Å². The molecule has 2 nitrogen and oxygen atoms in total. The van der Waals surface area contributed by atoms with Crippen molar-refractivity contribution in [3.05, 3.63) is 107 Å². The quantitative estimate of drug-likeness (QED) is 0.450. The standard InChI is InChI=1S/C31H38N2.C2H6/c1-24-21-26(22-25-13-6-3-2-4-7-14-25)15-12-20-33(30-19-11-10-16-27(24)30)31-23-32-29-18-9-5-8-17-28(29)31;1-2/h2-6,8-9,12,15-17,19,21,24-25,29,32H,7,10-11,13-14,18,20,22-23H2,1H3;1-2H3/b4-2-,6-3-,15-12-,26-21+;. The van der Waals surface area contributed by atoms with Crippen LogP contribution in [-0.4, -0.2) is 24.0 Å². The Morgan fingerprint density at radius 1 is 0.886 bits per heavy atom. The van der Waals surface area contributed by atoms with Gasteiger partial charge in [0, 0.05) is 36.4 Å². The van der Waals surface area contributed by atoms with Crippen molar-refractivity contribution in [2.75, 3.05) is 13.1 Å². The molecule has 0 saturated heterocycles. The summed E-state index contributed by atoms with van der Waals surface area (Å²) in [6, 6.07) is 0.441. The number of hydrogen-bond donors (Lipinski definition) is 1. The van der Waals surface area contributed by atoms with Crippen molar-refractivity contribution in [1.29, 1.82) is 0 Å². The molecule has 35 heavy (non-hydrogen) atoms.